The molecule has 0 radical (unpaired) electrons. The zero-order chi connectivity index (χ0) is 7.98. The van der Waals surface area contributed by atoms with Gasteiger partial charge < -0.3 is 9.64 Å². The number of ether oxygens (including phenoxy) is 1. The van der Waals surface area contributed by atoms with Crippen molar-refractivity contribution in [2.24, 2.45) is 0 Å². The molecule has 0 N–H and O–H groups in total. The summed E-state index contributed by atoms with van der Waals surface area (Å²) in [6, 6.07) is 0. The van der Waals surface area contributed by atoms with E-state index in [1.165, 1.54) is 7.11 Å². The second-order valence-corrected chi connectivity index (χ2v) is 2.05. The van der Waals surface area contributed by atoms with Gasteiger partial charge in [0.15, 0.2) is 0 Å². The van der Waals surface area contributed by atoms with Gasteiger partial charge >= 0.3 is 6.09 Å². The summed E-state index contributed by atoms with van der Waals surface area (Å²) in [4.78, 5) is 12.5. The Labute approximate surface area is 62.0 Å². The number of carbonyl (C=O) groups excluding carboxylic acids is 1. The lowest BCUT2D eigenvalue weighted by molar-refractivity contribution is 0.126. The maximum atomic E-state index is 10.8. The molecule has 0 unspecified atom stereocenters. The average Bonchev–Trinajstić information content (AvgIpc) is 1.99. The van der Waals surface area contributed by atoms with Gasteiger partial charge in [-0.3, -0.25) is 0 Å². The summed E-state index contributed by atoms with van der Waals surface area (Å²) in [6.07, 6.45) is 0.743. The van der Waals surface area contributed by atoms with Crippen LogP contribution in [0.25, 0.3) is 0 Å². The van der Waals surface area contributed by atoms with Gasteiger partial charge in [-0.15, -0.1) is 0 Å². The first-order valence-corrected chi connectivity index (χ1v) is 3.59. The molecule has 60 valence electrons. The van der Waals surface area contributed by atoms with Gasteiger partial charge in [-0.1, -0.05) is 6.92 Å². The van der Waals surface area contributed by atoms with Crippen molar-refractivity contribution < 1.29 is 9.53 Å². The number of carbonyl (C=O) groups is 1. The van der Waals surface area contributed by atoms with E-state index in [0.717, 1.165) is 19.5 Å². The van der Waals surface area contributed by atoms with E-state index in [-0.39, 0.29) is 6.09 Å². The van der Waals surface area contributed by atoms with Gasteiger partial charge in [0.2, 0.25) is 0 Å². The van der Waals surface area contributed by atoms with Crippen molar-refractivity contribution in [2.45, 2.75) is 20.3 Å². The predicted octanol–water partition coefficient (Wildman–Crippen LogP) is 1.48. The van der Waals surface area contributed by atoms with Crippen LogP contribution in [0.2, 0.25) is 0 Å². The van der Waals surface area contributed by atoms with E-state index < -0.39 is 0 Å². The highest BCUT2D eigenvalue weighted by molar-refractivity contribution is 5.67. The van der Waals surface area contributed by atoms with E-state index in [9.17, 15) is 4.79 Å². The van der Waals surface area contributed by atoms with Crippen LogP contribution >= 0.6 is 0 Å². The van der Waals surface area contributed by atoms with Crippen LogP contribution in [0.3, 0.4) is 0 Å². The second kappa shape index (κ2) is 5.09. The lowest BCUT2D eigenvalue weighted by Gasteiger charge is -2.17. The van der Waals surface area contributed by atoms with Gasteiger partial charge in [-0.05, 0) is 13.3 Å². The van der Waals surface area contributed by atoms with Crippen LogP contribution in [-0.4, -0.2) is 31.2 Å². The number of hydrogen-bond acceptors (Lipinski definition) is 2. The van der Waals surface area contributed by atoms with E-state index in [4.69, 9.17) is 0 Å². The Bertz CT molecular complexity index is 104. The molecule has 0 aromatic carbocycles. The smallest absolute Gasteiger partial charge is 0.409 e. The lowest BCUT2D eigenvalue weighted by Crippen LogP contribution is -2.31. The highest BCUT2D eigenvalue weighted by atomic mass is 16.5. The molecular formula is C7H15NO2. The Balaban J connectivity index is 3.68. The molecule has 0 bridgehead atoms. The van der Waals surface area contributed by atoms with E-state index >= 15 is 0 Å². The number of methoxy groups -OCH3 is 1. The van der Waals surface area contributed by atoms with Crippen molar-refractivity contribution in [3.63, 3.8) is 0 Å². The molecule has 0 atom stereocenters. The van der Waals surface area contributed by atoms with Crippen molar-refractivity contribution in [1.82, 2.24) is 4.90 Å². The quantitative estimate of drug-likeness (QED) is 0.602. The normalized spacial score (nSPS) is 9.10. The fraction of sp³-hybridized carbons (Fsp3) is 0.857. The molecular weight excluding hydrogens is 130 g/mol. The van der Waals surface area contributed by atoms with Crippen LogP contribution in [0, 0.1) is 0 Å². The van der Waals surface area contributed by atoms with E-state index in [2.05, 4.69) is 4.74 Å². The third-order valence-electron chi connectivity index (χ3n) is 1.31. The molecule has 3 heteroatoms. The molecule has 0 aliphatic rings. The molecule has 0 aromatic rings. The molecule has 0 spiro atoms. The van der Waals surface area contributed by atoms with Crippen LogP contribution < -0.4 is 0 Å². The highest BCUT2D eigenvalue weighted by Crippen LogP contribution is 1.93. The molecule has 0 aromatic heterocycles. The molecule has 0 fully saturated rings. The van der Waals surface area contributed by atoms with Gasteiger partial charge in [-0.2, -0.15) is 0 Å². The van der Waals surface area contributed by atoms with Crippen LogP contribution in [0.1, 0.15) is 20.3 Å². The van der Waals surface area contributed by atoms with Crippen LogP contribution in [0.4, 0.5) is 4.79 Å². The number of nitrogens with zero attached hydrogens (tertiary/aromatic N) is 1. The van der Waals surface area contributed by atoms with Crippen LogP contribution in [0.15, 0.2) is 0 Å². The first-order valence-electron chi connectivity index (χ1n) is 3.59. The number of amides is 1. The summed E-state index contributed by atoms with van der Waals surface area (Å²) in [5, 5.41) is 0. The van der Waals surface area contributed by atoms with Crippen molar-refractivity contribution in [3.05, 3.63) is 0 Å². The standard InChI is InChI=1S/C7H15NO2/c1-4-6-8(5-2)7(9)10-3/h4-6H2,1-3H3. The van der Waals surface area contributed by atoms with Crippen molar-refractivity contribution >= 4 is 6.09 Å². The monoisotopic (exact) mass is 145 g/mol. The molecule has 0 heterocycles. The molecule has 0 aliphatic carbocycles. The Hall–Kier alpha value is -0.730. The summed E-state index contributed by atoms with van der Waals surface area (Å²) in [5.74, 6) is 0. The SMILES string of the molecule is CCCN(CC)C(=O)OC. The number of rotatable bonds is 3. The lowest BCUT2D eigenvalue weighted by atomic mass is 10.4. The van der Waals surface area contributed by atoms with Gasteiger partial charge in [0, 0.05) is 13.1 Å². The Kier molecular flexibility index (Phi) is 4.72. The summed E-state index contributed by atoms with van der Waals surface area (Å²) in [6.45, 7) is 5.47. The predicted molar refractivity (Wildman–Crippen MR) is 39.9 cm³/mol. The fourth-order valence-electron chi connectivity index (χ4n) is 0.778. The average molecular weight is 145 g/mol. The fourth-order valence-corrected chi connectivity index (χ4v) is 0.778. The molecule has 0 aliphatic heterocycles. The largest absolute Gasteiger partial charge is 0.453 e. The zero-order valence-corrected chi connectivity index (χ0v) is 6.89. The first kappa shape index (κ1) is 9.27. The summed E-state index contributed by atoms with van der Waals surface area (Å²) in [7, 11) is 1.40. The van der Waals surface area contributed by atoms with Gasteiger partial charge in [-0.25, -0.2) is 4.79 Å². The van der Waals surface area contributed by atoms with Crippen LogP contribution in [0.5, 0.6) is 0 Å². The van der Waals surface area contributed by atoms with Gasteiger partial charge in [0.25, 0.3) is 0 Å². The molecule has 10 heavy (non-hydrogen) atoms. The van der Waals surface area contributed by atoms with Gasteiger partial charge in [0.05, 0.1) is 7.11 Å². The minimum atomic E-state index is -0.232. The number of hydrogen-bond donors (Lipinski definition) is 0. The Morgan fingerprint density at radius 3 is 2.40 bits per heavy atom. The second-order valence-electron chi connectivity index (χ2n) is 2.05. The molecule has 1 amide bonds. The van der Waals surface area contributed by atoms with Crippen LogP contribution in [-0.2, 0) is 4.74 Å². The van der Waals surface area contributed by atoms with Crippen molar-refractivity contribution in [3.8, 4) is 0 Å². The minimum absolute atomic E-state index is 0.232. The van der Waals surface area contributed by atoms with E-state index in [1.54, 1.807) is 4.90 Å². The third kappa shape index (κ3) is 2.71. The van der Waals surface area contributed by atoms with Crippen molar-refractivity contribution in [2.75, 3.05) is 20.2 Å². The highest BCUT2D eigenvalue weighted by Gasteiger charge is 2.08. The topological polar surface area (TPSA) is 29.5 Å². The van der Waals surface area contributed by atoms with Gasteiger partial charge in [0.1, 0.15) is 0 Å². The molecule has 3 nitrogen and oxygen atoms in total. The summed E-state index contributed by atoms with van der Waals surface area (Å²) < 4.78 is 4.54. The zero-order valence-electron chi connectivity index (χ0n) is 6.89. The van der Waals surface area contributed by atoms with E-state index in [0.29, 0.717) is 0 Å². The first-order chi connectivity index (χ1) is 4.76. The third-order valence-corrected chi connectivity index (χ3v) is 1.31. The summed E-state index contributed by atoms with van der Waals surface area (Å²) >= 11 is 0. The molecule has 0 rings (SSSR count). The molecule has 0 saturated heterocycles. The van der Waals surface area contributed by atoms with E-state index in [1.807, 2.05) is 13.8 Å². The minimum Gasteiger partial charge on any atom is -0.453 e. The Morgan fingerprint density at radius 2 is 2.10 bits per heavy atom. The maximum absolute atomic E-state index is 10.8. The maximum Gasteiger partial charge on any atom is 0.409 e. The Morgan fingerprint density at radius 1 is 1.50 bits per heavy atom. The summed E-state index contributed by atoms with van der Waals surface area (Å²) in [5.41, 5.74) is 0. The molecule has 0 saturated carbocycles. The van der Waals surface area contributed by atoms with Crippen molar-refractivity contribution in [1.29, 1.82) is 0 Å².